The zero-order chi connectivity index (χ0) is 33.9. The van der Waals surface area contributed by atoms with Gasteiger partial charge >= 0.3 is 12.1 Å². The van der Waals surface area contributed by atoms with Gasteiger partial charge in [-0.2, -0.15) is 0 Å². The summed E-state index contributed by atoms with van der Waals surface area (Å²) in [6.07, 6.45) is 2.34. The largest absolute Gasteiger partial charge is 0.465 e. The Balaban J connectivity index is 1.47. The van der Waals surface area contributed by atoms with Crippen molar-refractivity contribution in [1.82, 2.24) is 9.80 Å². The van der Waals surface area contributed by atoms with Crippen molar-refractivity contribution in [3.63, 3.8) is 0 Å². The van der Waals surface area contributed by atoms with Gasteiger partial charge in [-0.3, -0.25) is 14.4 Å². The maximum absolute atomic E-state index is 14.4. The molecule has 0 N–H and O–H groups in total. The Hall–Kier alpha value is -4.46. The summed E-state index contributed by atoms with van der Waals surface area (Å²) in [5.41, 5.74) is 2.71. The van der Waals surface area contributed by atoms with Crippen LogP contribution < -0.4 is 0 Å². The number of esters is 1. The topological polar surface area (TPSA) is 93.2 Å². The van der Waals surface area contributed by atoms with Crippen molar-refractivity contribution in [3.8, 4) is 0 Å². The highest BCUT2D eigenvalue weighted by atomic mass is 16.6. The summed E-state index contributed by atoms with van der Waals surface area (Å²) >= 11 is 0. The molecule has 0 radical (unpaired) electrons. The second kappa shape index (κ2) is 13.7. The summed E-state index contributed by atoms with van der Waals surface area (Å²) in [7, 11) is 0. The molecule has 248 valence electrons. The van der Waals surface area contributed by atoms with Gasteiger partial charge in [0.1, 0.15) is 16.8 Å². The molecule has 8 nitrogen and oxygen atoms in total. The first-order valence-electron chi connectivity index (χ1n) is 16.6. The van der Waals surface area contributed by atoms with E-state index in [1.807, 2.05) is 42.5 Å². The normalized spacial score (nSPS) is 19.4. The molecule has 5 rings (SSSR count). The van der Waals surface area contributed by atoms with Gasteiger partial charge < -0.3 is 19.3 Å². The number of nitrogens with zero attached hydrogens (tertiary/aromatic N) is 2. The molecule has 1 fully saturated rings. The highest BCUT2D eigenvalue weighted by molar-refractivity contribution is 6.00. The lowest BCUT2D eigenvalue weighted by Gasteiger charge is -2.40. The van der Waals surface area contributed by atoms with Crippen molar-refractivity contribution in [1.29, 1.82) is 0 Å². The van der Waals surface area contributed by atoms with Gasteiger partial charge in [0.15, 0.2) is 0 Å². The number of benzene rings is 3. The molecule has 3 aromatic carbocycles. The van der Waals surface area contributed by atoms with Gasteiger partial charge in [-0.05, 0) is 93.5 Å². The van der Waals surface area contributed by atoms with Gasteiger partial charge in [0.2, 0.25) is 5.91 Å². The van der Waals surface area contributed by atoms with Crippen LogP contribution >= 0.6 is 0 Å². The molecule has 2 heterocycles. The highest BCUT2D eigenvalue weighted by Crippen LogP contribution is 2.51. The Morgan fingerprint density at radius 3 is 2.43 bits per heavy atom. The second-order valence-electron chi connectivity index (χ2n) is 13.7. The third kappa shape index (κ3) is 7.11. The van der Waals surface area contributed by atoms with Gasteiger partial charge in [-0.15, -0.1) is 0 Å². The predicted octanol–water partition coefficient (Wildman–Crippen LogP) is 6.73. The number of likely N-dealkylation sites (tertiary alicyclic amines) is 1. The summed E-state index contributed by atoms with van der Waals surface area (Å²) in [5, 5.41) is 2.19. The van der Waals surface area contributed by atoms with Gasteiger partial charge in [0.25, 0.3) is 0 Å². The summed E-state index contributed by atoms with van der Waals surface area (Å²) in [6.45, 7) is 11.7. The first-order valence-corrected chi connectivity index (χ1v) is 16.6. The minimum atomic E-state index is -1.53. The molecule has 2 atom stereocenters. The quantitative estimate of drug-likeness (QED) is 0.229. The van der Waals surface area contributed by atoms with Crippen LogP contribution in [0.4, 0.5) is 4.79 Å². The van der Waals surface area contributed by atoms with E-state index in [0.717, 1.165) is 27.5 Å². The van der Waals surface area contributed by atoms with Crippen LogP contribution in [0.25, 0.3) is 10.8 Å². The molecule has 2 aliphatic heterocycles. The molecule has 0 aliphatic carbocycles. The Bertz CT molecular complexity index is 1710. The molecule has 3 aromatic rings. The Labute approximate surface area is 277 Å². The number of hydrogen-bond donors (Lipinski definition) is 0. The molecule has 1 saturated heterocycles. The highest BCUT2D eigenvalue weighted by Gasteiger charge is 2.64. The van der Waals surface area contributed by atoms with Crippen molar-refractivity contribution in [3.05, 3.63) is 94.7 Å². The standard InChI is InChI=1S/C39H46N2O6/c1-7-46-36(44)39-25-40(37(45)47-38(4,5)6)21-20-34(39)41(22-19-28-16-15-26(2)27(3)23-28)35(43)33(39)24-31(42)18-17-30-13-10-12-29-11-8-9-14-32(29)30/h8-16,20,23,33H,7,17-19,21-22,24-25H2,1-6H3. The summed E-state index contributed by atoms with van der Waals surface area (Å²) in [5.74, 6) is -2.03. The molecular formula is C39H46N2O6. The SMILES string of the molecule is CCOC(=O)C12CN(C(=O)OC(C)(C)C)CC=C1N(CCc1ccc(C)c(C)c1)C(=O)C2CC(=O)CCc1cccc2ccccc12. The van der Waals surface area contributed by atoms with Crippen LogP contribution in [0.3, 0.4) is 0 Å². The Morgan fingerprint density at radius 2 is 1.70 bits per heavy atom. The van der Waals surface area contributed by atoms with E-state index in [1.54, 1.807) is 38.7 Å². The maximum atomic E-state index is 14.4. The lowest BCUT2D eigenvalue weighted by Crippen LogP contribution is -2.54. The Kier molecular flexibility index (Phi) is 9.89. The maximum Gasteiger partial charge on any atom is 0.410 e. The minimum Gasteiger partial charge on any atom is -0.465 e. The number of hydrogen-bond acceptors (Lipinski definition) is 6. The summed E-state index contributed by atoms with van der Waals surface area (Å²) in [4.78, 5) is 58.7. The molecule has 0 saturated carbocycles. The van der Waals surface area contributed by atoms with E-state index in [1.165, 1.54) is 10.5 Å². The first kappa shape index (κ1) is 33.9. The van der Waals surface area contributed by atoms with Crippen molar-refractivity contribution in [2.45, 2.75) is 72.8 Å². The fourth-order valence-corrected chi connectivity index (χ4v) is 6.83. The van der Waals surface area contributed by atoms with E-state index in [0.29, 0.717) is 25.1 Å². The molecule has 2 unspecified atom stereocenters. The lowest BCUT2D eigenvalue weighted by atomic mass is 9.71. The molecule has 2 aliphatic rings. The minimum absolute atomic E-state index is 0.0961. The molecule has 0 bridgehead atoms. The molecule has 2 amide bonds. The van der Waals surface area contributed by atoms with E-state index in [9.17, 15) is 19.2 Å². The smallest absolute Gasteiger partial charge is 0.410 e. The number of carbonyl (C=O) groups is 4. The predicted molar refractivity (Wildman–Crippen MR) is 182 cm³/mol. The van der Waals surface area contributed by atoms with E-state index >= 15 is 0 Å². The van der Waals surface area contributed by atoms with E-state index < -0.39 is 29.0 Å². The average Bonchev–Trinajstić information content (AvgIpc) is 3.26. The fraction of sp³-hybridized carbons (Fsp3) is 0.436. The van der Waals surface area contributed by atoms with Crippen LogP contribution in [0.15, 0.2) is 72.4 Å². The molecular weight excluding hydrogens is 592 g/mol. The number of aryl methyl sites for hydroxylation is 3. The van der Waals surface area contributed by atoms with Gasteiger partial charge in [-0.25, -0.2) is 4.79 Å². The van der Waals surface area contributed by atoms with Crippen LogP contribution in [-0.4, -0.2) is 65.4 Å². The molecule has 0 spiro atoms. The summed E-state index contributed by atoms with van der Waals surface area (Å²) in [6, 6.07) is 20.3. The lowest BCUT2D eigenvalue weighted by molar-refractivity contribution is -0.158. The van der Waals surface area contributed by atoms with Gasteiger partial charge in [0.05, 0.1) is 12.5 Å². The zero-order valence-electron chi connectivity index (χ0n) is 28.4. The van der Waals surface area contributed by atoms with Crippen molar-refractivity contribution >= 4 is 34.5 Å². The number of fused-ring (bicyclic) bond motifs is 2. The van der Waals surface area contributed by atoms with Crippen LogP contribution in [0.5, 0.6) is 0 Å². The fourth-order valence-electron chi connectivity index (χ4n) is 6.83. The van der Waals surface area contributed by atoms with Crippen LogP contribution in [0.2, 0.25) is 0 Å². The third-order valence-electron chi connectivity index (χ3n) is 9.32. The number of ketones is 1. The number of Topliss-reactive ketones (excluding diaryl/α,β-unsaturated/α-hetero) is 1. The zero-order valence-corrected chi connectivity index (χ0v) is 28.4. The van der Waals surface area contributed by atoms with E-state index in [2.05, 4.69) is 32.0 Å². The van der Waals surface area contributed by atoms with Crippen molar-refractivity contribution in [2.24, 2.45) is 11.3 Å². The average molecular weight is 639 g/mol. The molecule has 47 heavy (non-hydrogen) atoms. The Morgan fingerprint density at radius 1 is 0.957 bits per heavy atom. The number of ether oxygens (including phenoxy) is 2. The van der Waals surface area contributed by atoms with Crippen LogP contribution in [0.1, 0.15) is 62.8 Å². The molecule has 0 aromatic heterocycles. The number of amides is 2. The number of rotatable bonds is 10. The first-order chi connectivity index (χ1) is 22.3. The van der Waals surface area contributed by atoms with Gasteiger partial charge in [0, 0.05) is 38.2 Å². The molecule has 8 heteroatoms. The second-order valence-corrected chi connectivity index (χ2v) is 13.7. The third-order valence-corrected chi connectivity index (χ3v) is 9.32. The number of carbonyl (C=O) groups excluding carboxylic acids is 4. The van der Waals surface area contributed by atoms with Crippen LogP contribution in [-0.2, 0) is 36.7 Å². The van der Waals surface area contributed by atoms with Crippen molar-refractivity contribution < 1.29 is 28.7 Å². The van der Waals surface area contributed by atoms with E-state index in [-0.39, 0.29) is 44.2 Å². The monoisotopic (exact) mass is 638 g/mol. The van der Waals surface area contributed by atoms with E-state index in [4.69, 9.17) is 9.47 Å². The van der Waals surface area contributed by atoms with Crippen molar-refractivity contribution in [2.75, 3.05) is 26.2 Å². The summed E-state index contributed by atoms with van der Waals surface area (Å²) < 4.78 is 11.3. The van der Waals surface area contributed by atoms with Gasteiger partial charge in [-0.1, -0.05) is 60.7 Å². The van der Waals surface area contributed by atoms with Crippen LogP contribution in [0, 0.1) is 25.2 Å².